The minimum Gasteiger partial charge on any atom is -0.479 e. The Balaban J connectivity index is 1.67. The lowest BCUT2D eigenvalue weighted by Crippen LogP contribution is -2.34. The molecule has 0 radical (unpaired) electrons. The van der Waals surface area contributed by atoms with Crippen molar-refractivity contribution in [3.63, 3.8) is 0 Å². The van der Waals surface area contributed by atoms with E-state index in [1.54, 1.807) is 49.4 Å². The molecule has 0 aliphatic carbocycles. The Bertz CT molecular complexity index is 850. The van der Waals surface area contributed by atoms with E-state index in [0.717, 1.165) is 11.1 Å². The summed E-state index contributed by atoms with van der Waals surface area (Å²) in [5.41, 5.74) is 2.02. The third-order valence-electron chi connectivity index (χ3n) is 3.67. The Morgan fingerprint density at radius 3 is 2.62 bits per heavy atom. The molecule has 2 N–H and O–H groups in total. The maximum Gasteiger partial charge on any atom is 0.265 e. The van der Waals surface area contributed by atoms with Crippen LogP contribution in [0.1, 0.15) is 18.1 Å². The van der Waals surface area contributed by atoms with Gasteiger partial charge in [-0.1, -0.05) is 36.4 Å². The van der Waals surface area contributed by atoms with E-state index in [9.17, 15) is 13.2 Å². The lowest BCUT2D eigenvalue weighted by Gasteiger charge is -2.23. The third-order valence-corrected chi connectivity index (χ3v) is 4.97. The molecule has 1 aliphatic heterocycles. The number of hydrogen-bond donors (Lipinski definition) is 2. The number of anilines is 1. The van der Waals surface area contributed by atoms with Crippen LogP contribution in [0.5, 0.6) is 5.75 Å². The number of carbonyl (C=O) groups is 1. The predicted molar refractivity (Wildman–Crippen MR) is 91.1 cm³/mol. The maximum atomic E-state index is 12.2. The Kier molecular flexibility index (Phi) is 4.55. The van der Waals surface area contributed by atoms with Crippen LogP contribution in [-0.4, -0.2) is 20.4 Å². The SMILES string of the molecule is CC1Oc2ccc(CNS(=O)(=O)Cc3ccccc3)cc2NC1=O. The molecule has 0 aromatic heterocycles. The van der Waals surface area contributed by atoms with Gasteiger partial charge in [-0.25, -0.2) is 13.1 Å². The summed E-state index contributed by atoms with van der Waals surface area (Å²) in [7, 11) is -3.44. The van der Waals surface area contributed by atoms with Crippen LogP contribution in [0.4, 0.5) is 5.69 Å². The smallest absolute Gasteiger partial charge is 0.265 e. The monoisotopic (exact) mass is 346 g/mol. The molecule has 1 aliphatic rings. The number of rotatable bonds is 5. The fourth-order valence-electron chi connectivity index (χ4n) is 2.40. The standard InChI is InChI=1S/C17H18N2O4S/c1-12-17(20)19-15-9-14(7-8-16(15)23-12)10-18-24(21,22)11-13-5-3-2-4-6-13/h2-9,12,18H,10-11H2,1H3,(H,19,20). The van der Waals surface area contributed by atoms with E-state index in [4.69, 9.17) is 4.74 Å². The summed E-state index contributed by atoms with van der Waals surface area (Å²) in [4.78, 5) is 11.6. The summed E-state index contributed by atoms with van der Waals surface area (Å²) in [6, 6.07) is 14.2. The number of sulfonamides is 1. The highest BCUT2D eigenvalue weighted by Gasteiger charge is 2.23. The van der Waals surface area contributed by atoms with Crippen LogP contribution in [0.25, 0.3) is 0 Å². The van der Waals surface area contributed by atoms with E-state index in [1.807, 2.05) is 6.07 Å². The van der Waals surface area contributed by atoms with E-state index >= 15 is 0 Å². The summed E-state index contributed by atoms with van der Waals surface area (Å²) in [5.74, 6) is 0.290. The Labute approximate surface area is 140 Å². The lowest BCUT2D eigenvalue weighted by molar-refractivity contribution is -0.122. The molecule has 0 spiro atoms. The molecule has 1 unspecified atom stereocenters. The summed E-state index contributed by atoms with van der Waals surface area (Å²) in [6.07, 6.45) is -0.535. The molecule has 0 fully saturated rings. The minimum absolute atomic E-state index is 0.0733. The van der Waals surface area contributed by atoms with Crippen molar-refractivity contribution in [2.24, 2.45) is 0 Å². The van der Waals surface area contributed by atoms with Crippen molar-refractivity contribution in [1.29, 1.82) is 0 Å². The molecule has 1 amide bonds. The first-order valence-corrected chi connectivity index (χ1v) is 9.20. The van der Waals surface area contributed by atoms with Gasteiger partial charge in [0, 0.05) is 6.54 Å². The van der Waals surface area contributed by atoms with Crippen LogP contribution in [0.15, 0.2) is 48.5 Å². The van der Waals surface area contributed by atoms with E-state index in [0.29, 0.717) is 11.4 Å². The molecule has 1 atom stereocenters. The molecule has 2 aromatic carbocycles. The van der Waals surface area contributed by atoms with Crippen molar-refractivity contribution in [3.8, 4) is 5.75 Å². The van der Waals surface area contributed by atoms with Gasteiger partial charge in [0.15, 0.2) is 6.10 Å². The van der Waals surface area contributed by atoms with Crippen molar-refractivity contribution in [2.45, 2.75) is 25.3 Å². The van der Waals surface area contributed by atoms with Crippen LogP contribution < -0.4 is 14.8 Å². The van der Waals surface area contributed by atoms with E-state index < -0.39 is 16.1 Å². The number of nitrogens with one attached hydrogen (secondary N) is 2. The second-order valence-corrected chi connectivity index (χ2v) is 7.45. The molecule has 24 heavy (non-hydrogen) atoms. The first kappa shape index (κ1) is 16.5. The van der Waals surface area contributed by atoms with Gasteiger partial charge in [-0.15, -0.1) is 0 Å². The van der Waals surface area contributed by atoms with Gasteiger partial charge in [0.1, 0.15) is 5.75 Å². The Morgan fingerprint density at radius 2 is 1.88 bits per heavy atom. The normalized spacial score (nSPS) is 16.9. The van der Waals surface area contributed by atoms with Gasteiger partial charge in [0.25, 0.3) is 5.91 Å². The highest BCUT2D eigenvalue weighted by molar-refractivity contribution is 7.88. The van der Waals surface area contributed by atoms with E-state index in [1.165, 1.54) is 0 Å². The van der Waals surface area contributed by atoms with E-state index in [2.05, 4.69) is 10.0 Å². The van der Waals surface area contributed by atoms with Crippen LogP contribution >= 0.6 is 0 Å². The Hall–Kier alpha value is -2.38. The van der Waals surface area contributed by atoms with Crippen molar-refractivity contribution < 1.29 is 17.9 Å². The molecular formula is C17H18N2O4S. The molecule has 3 rings (SSSR count). The van der Waals surface area contributed by atoms with Crippen molar-refractivity contribution in [2.75, 3.05) is 5.32 Å². The van der Waals surface area contributed by atoms with E-state index in [-0.39, 0.29) is 18.2 Å². The van der Waals surface area contributed by atoms with Gasteiger partial charge >= 0.3 is 0 Å². The predicted octanol–water partition coefficient (Wildman–Crippen LogP) is 2.03. The van der Waals surface area contributed by atoms with Crippen LogP contribution in [0.2, 0.25) is 0 Å². The quantitative estimate of drug-likeness (QED) is 0.867. The molecule has 0 saturated heterocycles. The number of fused-ring (bicyclic) bond motifs is 1. The zero-order valence-electron chi connectivity index (χ0n) is 13.2. The molecule has 0 bridgehead atoms. The van der Waals surface area contributed by atoms with Gasteiger partial charge in [0.2, 0.25) is 10.0 Å². The zero-order valence-corrected chi connectivity index (χ0v) is 14.0. The number of benzene rings is 2. The fourth-order valence-corrected chi connectivity index (χ4v) is 3.52. The zero-order chi connectivity index (χ0) is 17.2. The topological polar surface area (TPSA) is 84.5 Å². The second kappa shape index (κ2) is 6.62. The molecule has 6 nitrogen and oxygen atoms in total. The fraction of sp³-hybridized carbons (Fsp3) is 0.235. The number of hydrogen-bond acceptors (Lipinski definition) is 4. The van der Waals surface area contributed by atoms with Crippen molar-refractivity contribution >= 4 is 21.6 Å². The largest absolute Gasteiger partial charge is 0.479 e. The maximum absolute atomic E-state index is 12.2. The summed E-state index contributed by atoms with van der Waals surface area (Å²) in [6.45, 7) is 1.82. The average molecular weight is 346 g/mol. The average Bonchev–Trinajstić information content (AvgIpc) is 2.55. The molecular weight excluding hydrogens is 328 g/mol. The van der Waals surface area contributed by atoms with Crippen LogP contribution in [0, 0.1) is 0 Å². The number of ether oxygens (including phenoxy) is 1. The van der Waals surface area contributed by atoms with Crippen LogP contribution in [0.3, 0.4) is 0 Å². The second-order valence-electron chi connectivity index (χ2n) is 5.65. The van der Waals surface area contributed by atoms with Crippen molar-refractivity contribution in [3.05, 3.63) is 59.7 Å². The molecule has 126 valence electrons. The van der Waals surface area contributed by atoms with Gasteiger partial charge in [-0.3, -0.25) is 4.79 Å². The first-order chi connectivity index (χ1) is 11.4. The van der Waals surface area contributed by atoms with Gasteiger partial charge < -0.3 is 10.1 Å². The highest BCUT2D eigenvalue weighted by Crippen LogP contribution is 2.30. The molecule has 0 saturated carbocycles. The Morgan fingerprint density at radius 1 is 1.12 bits per heavy atom. The number of carbonyl (C=O) groups excluding carboxylic acids is 1. The number of amides is 1. The highest BCUT2D eigenvalue weighted by atomic mass is 32.2. The van der Waals surface area contributed by atoms with Crippen LogP contribution in [-0.2, 0) is 27.1 Å². The minimum atomic E-state index is -3.44. The lowest BCUT2D eigenvalue weighted by atomic mass is 10.1. The first-order valence-electron chi connectivity index (χ1n) is 7.55. The van der Waals surface area contributed by atoms with Gasteiger partial charge in [-0.2, -0.15) is 0 Å². The third kappa shape index (κ3) is 3.93. The van der Waals surface area contributed by atoms with Crippen molar-refractivity contribution in [1.82, 2.24) is 4.72 Å². The molecule has 2 aromatic rings. The molecule has 1 heterocycles. The summed E-state index contributed by atoms with van der Waals surface area (Å²) in [5, 5.41) is 2.75. The van der Waals surface area contributed by atoms with Gasteiger partial charge in [0.05, 0.1) is 11.4 Å². The van der Waals surface area contributed by atoms with Gasteiger partial charge in [-0.05, 0) is 30.2 Å². The molecule has 7 heteroatoms. The summed E-state index contributed by atoms with van der Waals surface area (Å²) < 4.78 is 32.3. The summed E-state index contributed by atoms with van der Waals surface area (Å²) >= 11 is 0.